The molecule has 1 atom stereocenters. The predicted molar refractivity (Wildman–Crippen MR) is 68.1 cm³/mol. The molecule has 1 aromatic carbocycles. The average molecular weight is 253 g/mol. The highest BCUT2D eigenvalue weighted by Crippen LogP contribution is 2.41. The molecule has 0 aromatic heterocycles. The quantitative estimate of drug-likeness (QED) is 0.879. The van der Waals surface area contributed by atoms with Crippen LogP contribution in [-0.4, -0.2) is 25.4 Å². The number of hydrogen-bond donors (Lipinski definition) is 1. The standard InChI is InChI=1S/C12H15NO3S/c1-7-4-12(14)13-8-5-9(15-2)10(16-3)6-11(8)17-7/h5-7H,4H2,1-3H3,(H,13,14). The zero-order valence-corrected chi connectivity index (χ0v) is 10.9. The maximum absolute atomic E-state index is 11.6. The van der Waals surface area contributed by atoms with Gasteiger partial charge in [0, 0.05) is 22.6 Å². The van der Waals surface area contributed by atoms with Gasteiger partial charge in [0.2, 0.25) is 5.91 Å². The van der Waals surface area contributed by atoms with Crippen molar-refractivity contribution < 1.29 is 14.3 Å². The minimum atomic E-state index is 0.0379. The lowest BCUT2D eigenvalue weighted by atomic mass is 10.2. The molecular formula is C12H15NO3S. The molecule has 17 heavy (non-hydrogen) atoms. The van der Waals surface area contributed by atoms with Gasteiger partial charge in [0.25, 0.3) is 0 Å². The van der Waals surface area contributed by atoms with Crippen LogP contribution in [-0.2, 0) is 4.79 Å². The number of amides is 1. The number of rotatable bonds is 2. The van der Waals surface area contributed by atoms with Crippen LogP contribution in [0.15, 0.2) is 17.0 Å². The van der Waals surface area contributed by atoms with Crippen molar-refractivity contribution in [3.63, 3.8) is 0 Å². The number of anilines is 1. The first-order valence-corrected chi connectivity index (χ1v) is 6.24. The summed E-state index contributed by atoms with van der Waals surface area (Å²) in [7, 11) is 3.19. The summed E-state index contributed by atoms with van der Waals surface area (Å²) in [6, 6.07) is 3.71. The summed E-state index contributed by atoms with van der Waals surface area (Å²) in [5.74, 6) is 1.35. The van der Waals surface area contributed by atoms with Crippen LogP contribution in [0.1, 0.15) is 13.3 Å². The molecule has 0 saturated heterocycles. The maximum atomic E-state index is 11.6. The first-order chi connectivity index (χ1) is 8.13. The summed E-state index contributed by atoms with van der Waals surface area (Å²) in [6.45, 7) is 2.04. The minimum Gasteiger partial charge on any atom is -0.493 e. The number of fused-ring (bicyclic) bond motifs is 1. The van der Waals surface area contributed by atoms with Gasteiger partial charge in [0.05, 0.1) is 19.9 Å². The molecule has 1 aromatic rings. The second kappa shape index (κ2) is 4.87. The second-order valence-electron chi connectivity index (χ2n) is 3.88. The zero-order chi connectivity index (χ0) is 12.4. The number of thioether (sulfide) groups is 1. The van der Waals surface area contributed by atoms with Crippen molar-refractivity contribution in [2.24, 2.45) is 0 Å². The van der Waals surface area contributed by atoms with Gasteiger partial charge in [-0.05, 0) is 6.07 Å². The van der Waals surface area contributed by atoms with Crippen molar-refractivity contribution in [3.05, 3.63) is 12.1 Å². The van der Waals surface area contributed by atoms with E-state index in [-0.39, 0.29) is 11.2 Å². The third kappa shape index (κ3) is 2.49. The number of carbonyl (C=O) groups is 1. The fourth-order valence-corrected chi connectivity index (χ4v) is 2.86. The van der Waals surface area contributed by atoms with Gasteiger partial charge in [-0.2, -0.15) is 0 Å². The second-order valence-corrected chi connectivity index (χ2v) is 5.36. The minimum absolute atomic E-state index is 0.0379. The molecule has 2 rings (SSSR count). The number of benzene rings is 1. The Morgan fingerprint density at radius 1 is 1.29 bits per heavy atom. The van der Waals surface area contributed by atoms with Crippen LogP contribution in [0.25, 0.3) is 0 Å². The van der Waals surface area contributed by atoms with Crippen LogP contribution in [0.3, 0.4) is 0 Å². The van der Waals surface area contributed by atoms with Crippen LogP contribution in [0.4, 0.5) is 5.69 Å². The Balaban J connectivity index is 2.46. The smallest absolute Gasteiger partial charge is 0.225 e. The summed E-state index contributed by atoms with van der Waals surface area (Å²) in [5.41, 5.74) is 0.794. The van der Waals surface area contributed by atoms with E-state index in [0.717, 1.165) is 10.6 Å². The molecule has 0 saturated carbocycles. The van der Waals surface area contributed by atoms with Gasteiger partial charge in [-0.15, -0.1) is 11.8 Å². The highest BCUT2D eigenvalue weighted by molar-refractivity contribution is 8.00. The highest BCUT2D eigenvalue weighted by Gasteiger charge is 2.21. The summed E-state index contributed by atoms with van der Waals surface area (Å²) in [4.78, 5) is 12.6. The van der Waals surface area contributed by atoms with Gasteiger partial charge in [0.15, 0.2) is 11.5 Å². The van der Waals surface area contributed by atoms with E-state index < -0.39 is 0 Å². The number of carbonyl (C=O) groups excluding carboxylic acids is 1. The molecule has 1 N–H and O–H groups in total. The number of hydrogen-bond acceptors (Lipinski definition) is 4. The molecule has 1 aliphatic heterocycles. The van der Waals surface area contributed by atoms with Gasteiger partial charge in [0.1, 0.15) is 0 Å². The van der Waals surface area contributed by atoms with Crippen molar-refractivity contribution in [1.29, 1.82) is 0 Å². The molecule has 1 unspecified atom stereocenters. The summed E-state index contributed by atoms with van der Waals surface area (Å²) >= 11 is 1.67. The topological polar surface area (TPSA) is 47.6 Å². The van der Waals surface area contributed by atoms with Crippen molar-refractivity contribution in [3.8, 4) is 11.5 Å². The lowest BCUT2D eigenvalue weighted by Gasteiger charge is -2.13. The fraction of sp³-hybridized carbons (Fsp3) is 0.417. The molecule has 4 nitrogen and oxygen atoms in total. The van der Waals surface area contributed by atoms with E-state index in [1.165, 1.54) is 0 Å². The molecule has 92 valence electrons. The number of ether oxygens (including phenoxy) is 2. The Morgan fingerprint density at radius 3 is 2.59 bits per heavy atom. The fourth-order valence-electron chi connectivity index (χ4n) is 1.78. The van der Waals surface area contributed by atoms with Gasteiger partial charge >= 0.3 is 0 Å². The molecule has 1 amide bonds. The lowest BCUT2D eigenvalue weighted by Crippen LogP contribution is -2.13. The molecular weight excluding hydrogens is 238 g/mol. The normalized spacial score (nSPS) is 19.0. The molecule has 0 aliphatic carbocycles. The molecule has 1 aliphatic rings. The number of methoxy groups -OCH3 is 2. The molecule has 0 bridgehead atoms. The van der Waals surface area contributed by atoms with Crippen LogP contribution < -0.4 is 14.8 Å². The van der Waals surface area contributed by atoms with E-state index in [1.54, 1.807) is 32.0 Å². The monoisotopic (exact) mass is 253 g/mol. The third-order valence-electron chi connectivity index (χ3n) is 2.56. The molecule has 0 spiro atoms. The Morgan fingerprint density at radius 2 is 1.94 bits per heavy atom. The number of nitrogens with one attached hydrogen (secondary N) is 1. The van der Waals surface area contributed by atoms with Crippen molar-refractivity contribution >= 4 is 23.4 Å². The Labute approximate surface area is 105 Å². The lowest BCUT2D eigenvalue weighted by molar-refractivity contribution is -0.116. The van der Waals surface area contributed by atoms with E-state index in [4.69, 9.17) is 9.47 Å². The summed E-state index contributed by atoms with van der Waals surface area (Å²) in [5, 5.41) is 3.14. The Kier molecular flexibility index (Phi) is 3.47. The first-order valence-electron chi connectivity index (χ1n) is 5.36. The average Bonchev–Trinajstić information content (AvgIpc) is 2.43. The predicted octanol–water partition coefficient (Wildman–Crippen LogP) is 2.53. The Bertz CT molecular complexity index is 448. The summed E-state index contributed by atoms with van der Waals surface area (Å²) < 4.78 is 10.5. The van der Waals surface area contributed by atoms with Crippen LogP contribution >= 0.6 is 11.8 Å². The first kappa shape index (κ1) is 12.1. The maximum Gasteiger partial charge on any atom is 0.225 e. The van der Waals surface area contributed by atoms with Crippen LogP contribution in [0.2, 0.25) is 0 Å². The van der Waals surface area contributed by atoms with Gasteiger partial charge in [-0.3, -0.25) is 4.79 Å². The molecule has 1 heterocycles. The van der Waals surface area contributed by atoms with E-state index >= 15 is 0 Å². The molecule has 5 heteroatoms. The van der Waals surface area contributed by atoms with Gasteiger partial charge in [-0.25, -0.2) is 0 Å². The molecule has 0 fully saturated rings. The van der Waals surface area contributed by atoms with Crippen LogP contribution in [0.5, 0.6) is 11.5 Å². The van der Waals surface area contributed by atoms with E-state index in [2.05, 4.69) is 5.32 Å². The van der Waals surface area contributed by atoms with Gasteiger partial charge < -0.3 is 14.8 Å². The van der Waals surface area contributed by atoms with E-state index in [1.807, 2.05) is 13.0 Å². The highest BCUT2D eigenvalue weighted by atomic mass is 32.2. The largest absolute Gasteiger partial charge is 0.493 e. The third-order valence-corrected chi connectivity index (χ3v) is 3.72. The molecule has 0 radical (unpaired) electrons. The summed E-state index contributed by atoms with van der Waals surface area (Å²) in [6.07, 6.45) is 0.518. The van der Waals surface area contributed by atoms with E-state index in [9.17, 15) is 4.79 Å². The van der Waals surface area contributed by atoms with Crippen LogP contribution in [0, 0.1) is 0 Å². The van der Waals surface area contributed by atoms with E-state index in [0.29, 0.717) is 17.9 Å². The van der Waals surface area contributed by atoms with Crippen molar-refractivity contribution in [1.82, 2.24) is 0 Å². The van der Waals surface area contributed by atoms with Gasteiger partial charge in [-0.1, -0.05) is 6.92 Å². The van der Waals surface area contributed by atoms with Crippen molar-refractivity contribution in [2.45, 2.75) is 23.5 Å². The SMILES string of the molecule is COc1cc2c(cc1OC)SC(C)CC(=O)N2. The zero-order valence-electron chi connectivity index (χ0n) is 10.1. The van der Waals surface area contributed by atoms with Crippen molar-refractivity contribution in [2.75, 3.05) is 19.5 Å². The Hall–Kier alpha value is -1.36.